The quantitative estimate of drug-likeness (QED) is 0.00982. The SMILES string of the molecule is CCCCC/C=C\C\C=C/C=C/C=C/[C@@H](SC[C@H](N)C(=O)OC[C@H](COP(=O)(O)OC[C@@H](O)COP(=O)(O)O)OC(=O)CCCCCC/C=C\C/C=C\C/C=C\CCCCC)[C@@H](O)CCCC(=O)O. The van der Waals surface area contributed by atoms with E-state index in [-0.39, 0.29) is 31.4 Å². The molecule has 0 saturated heterocycles. The monoisotopic (exact) mass is 1040 g/mol. The topological polar surface area (TPSA) is 279 Å². The average Bonchev–Trinajstić information content (AvgIpc) is 3.30. The van der Waals surface area contributed by atoms with E-state index in [0.29, 0.717) is 6.42 Å². The molecule has 8 N–H and O–H groups in total. The van der Waals surface area contributed by atoms with Gasteiger partial charge in [-0.25, -0.2) is 9.13 Å². The number of aliphatic carboxylic acids is 1. The summed E-state index contributed by atoms with van der Waals surface area (Å²) < 4.78 is 48.0. The predicted molar refractivity (Wildman–Crippen MR) is 272 cm³/mol. The lowest BCUT2D eigenvalue weighted by molar-refractivity contribution is -0.161. The Kier molecular flexibility index (Phi) is 41.9. The standard InChI is InChI=1S/C49H83NO16P2S/c1-3-5-7-9-11-13-15-17-18-19-20-21-23-25-27-29-31-36-48(55)66-43(40-65-68(60,61)64-38-42(51)37-63-67(57,58)59)39-62-49(56)44(50)41-69-46(45(52)33-32-35-47(53)54)34-30-28-26-24-22-16-14-12-10-8-6-4-2/h11-14,17-18,20-22,24,26,28,30,34,42-46,51-52H,3-10,15-16,19,23,25,27,29,31-33,35-41,50H2,1-2H3,(H,53,54)(H,60,61)(H2,57,58,59)/b13-11-,14-12-,18-17-,21-20-,24-22-,28-26+,34-30+/t42-,43+,44-,45-,46+/m0/s1. The third-order valence-corrected chi connectivity index (χ3v) is 12.6. The van der Waals surface area contributed by atoms with Crippen LogP contribution in [0.4, 0.5) is 0 Å². The number of esters is 2. The Bertz CT molecular complexity index is 1660. The molecule has 0 bridgehead atoms. The van der Waals surface area contributed by atoms with Gasteiger partial charge in [0.25, 0.3) is 0 Å². The van der Waals surface area contributed by atoms with Crippen LogP contribution < -0.4 is 5.73 Å². The number of carbonyl (C=O) groups excluding carboxylic acids is 2. The van der Waals surface area contributed by atoms with Crippen LogP contribution in [0.3, 0.4) is 0 Å². The summed E-state index contributed by atoms with van der Waals surface area (Å²) >= 11 is 1.15. The largest absolute Gasteiger partial charge is 0.481 e. The van der Waals surface area contributed by atoms with Crippen LogP contribution in [-0.2, 0) is 46.6 Å². The van der Waals surface area contributed by atoms with Gasteiger partial charge < -0.3 is 45.2 Å². The van der Waals surface area contributed by atoms with Gasteiger partial charge in [0.15, 0.2) is 6.10 Å². The van der Waals surface area contributed by atoms with Gasteiger partial charge in [0.05, 0.1) is 25.9 Å². The summed E-state index contributed by atoms with van der Waals surface area (Å²) in [5.41, 5.74) is 6.16. The van der Waals surface area contributed by atoms with Crippen LogP contribution in [-0.4, -0.2) is 110 Å². The summed E-state index contributed by atoms with van der Waals surface area (Å²) in [7, 11) is -9.89. The van der Waals surface area contributed by atoms with E-state index in [9.17, 15) is 38.6 Å². The van der Waals surface area contributed by atoms with Crippen molar-refractivity contribution in [2.24, 2.45) is 5.73 Å². The third kappa shape index (κ3) is 44.7. The van der Waals surface area contributed by atoms with Crippen LogP contribution in [0.5, 0.6) is 0 Å². The molecule has 0 aliphatic rings. The third-order valence-electron chi connectivity index (χ3n) is 9.74. The molecule has 6 atom stereocenters. The van der Waals surface area contributed by atoms with Crippen molar-refractivity contribution in [1.29, 1.82) is 0 Å². The first-order valence-electron chi connectivity index (χ1n) is 24.2. The van der Waals surface area contributed by atoms with Crippen molar-refractivity contribution < 1.29 is 76.6 Å². The van der Waals surface area contributed by atoms with Gasteiger partial charge in [-0.2, -0.15) is 0 Å². The van der Waals surface area contributed by atoms with Gasteiger partial charge in [0.1, 0.15) is 18.8 Å². The zero-order valence-corrected chi connectivity index (χ0v) is 43.4. The van der Waals surface area contributed by atoms with Gasteiger partial charge in [-0.05, 0) is 77.0 Å². The minimum absolute atomic E-state index is 0.000948. The first kappa shape index (κ1) is 66.0. The molecule has 0 aliphatic carbocycles. The van der Waals surface area contributed by atoms with Crippen molar-refractivity contribution in [3.05, 3.63) is 85.1 Å². The molecule has 1 unspecified atom stereocenters. The molecular formula is C49H83NO16P2S. The van der Waals surface area contributed by atoms with Crippen molar-refractivity contribution in [3.8, 4) is 0 Å². The number of hydrogen-bond acceptors (Lipinski definition) is 14. The molecule has 0 spiro atoms. The molecule has 0 heterocycles. The maximum atomic E-state index is 13.0. The molecule has 17 nitrogen and oxygen atoms in total. The molecule has 0 aromatic carbocycles. The number of nitrogens with two attached hydrogens (primary N) is 1. The average molecular weight is 1040 g/mol. The Morgan fingerprint density at radius 1 is 0.623 bits per heavy atom. The number of unbranched alkanes of at least 4 members (excludes halogenated alkanes) is 10. The fourth-order valence-corrected chi connectivity index (χ4v) is 8.19. The van der Waals surface area contributed by atoms with Crippen molar-refractivity contribution >= 4 is 45.3 Å². The van der Waals surface area contributed by atoms with E-state index in [1.807, 2.05) is 18.2 Å². The number of phosphoric ester groups is 2. The van der Waals surface area contributed by atoms with Crippen molar-refractivity contribution in [2.45, 2.75) is 172 Å². The van der Waals surface area contributed by atoms with Gasteiger partial charge >= 0.3 is 33.6 Å². The van der Waals surface area contributed by atoms with Gasteiger partial charge in [-0.15, -0.1) is 11.8 Å². The maximum absolute atomic E-state index is 13.0. The number of carboxylic acids is 1. The number of carboxylic acid groups (broad SMARTS) is 1. The molecule has 0 fully saturated rings. The van der Waals surface area contributed by atoms with Crippen molar-refractivity contribution in [3.63, 3.8) is 0 Å². The zero-order chi connectivity index (χ0) is 51.4. The summed E-state index contributed by atoms with van der Waals surface area (Å²) in [6.45, 7) is 1.10. The molecule has 0 radical (unpaired) electrons. The predicted octanol–water partition coefficient (Wildman–Crippen LogP) is 9.66. The number of rotatable bonds is 45. The second kappa shape index (κ2) is 43.8. The van der Waals surface area contributed by atoms with Crippen LogP contribution in [0.25, 0.3) is 0 Å². The fraction of sp³-hybridized carbons (Fsp3) is 0.653. The first-order chi connectivity index (χ1) is 33.0. The zero-order valence-electron chi connectivity index (χ0n) is 40.8. The summed E-state index contributed by atoms with van der Waals surface area (Å²) in [5, 5.41) is 29.2. The molecule has 69 heavy (non-hydrogen) atoms. The molecule has 0 aromatic heterocycles. The first-order valence-corrected chi connectivity index (χ1v) is 28.3. The smallest absolute Gasteiger partial charge is 0.472 e. The van der Waals surface area contributed by atoms with Gasteiger partial charge in [-0.1, -0.05) is 137 Å². The van der Waals surface area contributed by atoms with Gasteiger partial charge in [0, 0.05) is 23.8 Å². The lowest BCUT2D eigenvalue weighted by Gasteiger charge is -2.22. The highest BCUT2D eigenvalue weighted by Gasteiger charge is 2.29. The van der Waals surface area contributed by atoms with E-state index >= 15 is 0 Å². The van der Waals surface area contributed by atoms with Crippen LogP contribution in [0.15, 0.2) is 85.1 Å². The molecule has 20 heteroatoms. The number of allylic oxidation sites excluding steroid dienone is 13. The van der Waals surface area contributed by atoms with Crippen LogP contribution in [0.1, 0.15) is 142 Å². The highest BCUT2D eigenvalue weighted by Crippen LogP contribution is 2.44. The molecule has 0 aromatic rings. The van der Waals surface area contributed by atoms with E-state index in [4.69, 9.17) is 34.6 Å². The summed E-state index contributed by atoms with van der Waals surface area (Å²) in [4.78, 5) is 64.7. The highest BCUT2D eigenvalue weighted by atomic mass is 32.2. The Balaban J connectivity index is 5.36. The van der Waals surface area contributed by atoms with Crippen molar-refractivity contribution in [2.75, 3.05) is 32.2 Å². The molecule has 0 saturated carbocycles. The second-order valence-electron chi connectivity index (χ2n) is 16.2. The fourth-order valence-electron chi connectivity index (χ4n) is 5.91. The van der Waals surface area contributed by atoms with Gasteiger partial charge in [-0.3, -0.25) is 28.0 Å². The molecule has 396 valence electrons. The molecule has 0 aliphatic heterocycles. The van der Waals surface area contributed by atoms with Gasteiger partial charge in [0.2, 0.25) is 0 Å². The minimum Gasteiger partial charge on any atom is -0.481 e. The summed E-state index contributed by atoms with van der Waals surface area (Å²) in [5.74, 6) is -2.62. The van der Waals surface area contributed by atoms with Crippen LogP contribution >= 0.6 is 27.4 Å². The van der Waals surface area contributed by atoms with E-state index in [1.165, 1.54) is 38.5 Å². The lowest BCUT2D eigenvalue weighted by Crippen LogP contribution is -2.38. The lowest BCUT2D eigenvalue weighted by atomic mass is 10.1. The highest BCUT2D eigenvalue weighted by molar-refractivity contribution is 8.00. The number of hydrogen-bond donors (Lipinski definition) is 7. The number of thioether (sulfide) groups is 1. The Labute approximate surface area is 415 Å². The Morgan fingerprint density at radius 3 is 1.75 bits per heavy atom. The number of phosphoric acid groups is 2. The summed E-state index contributed by atoms with van der Waals surface area (Å²) in [6.07, 6.45) is 40.4. The van der Waals surface area contributed by atoms with Crippen LogP contribution in [0, 0.1) is 0 Å². The number of ether oxygens (including phenoxy) is 2. The molecule has 0 rings (SSSR count). The van der Waals surface area contributed by atoms with E-state index in [2.05, 4.69) is 71.5 Å². The van der Waals surface area contributed by atoms with E-state index in [1.54, 1.807) is 18.2 Å². The molecular weight excluding hydrogens is 953 g/mol. The maximum Gasteiger partial charge on any atom is 0.472 e. The van der Waals surface area contributed by atoms with Crippen LogP contribution in [0.2, 0.25) is 0 Å². The number of carbonyl (C=O) groups is 3. The Morgan fingerprint density at radius 2 is 1.16 bits per heavy atom. The van der Waals surface area contributed by atoms with Crippen molar-refractivity contribution in [1.82, 2.24) is 0 Å². The second-order valence-corrected chi connectivity index (χ2v) is 20.1. The number of aliphatic hydroxyl groups excluding tert-OH is 2. The van der Waals surface area contributed by atoms with E-state index in [0.717, 1.165) is 69.5 Å². The number of aliphatic hydroxyl groups is 2. The summed E-state index contributed by atoms with van der Waals surface area (Å²) in [6, 6.07) is -1.23. The molecule has 0 amide bonds. The minimum atomic E-state index is -4.96. The van der Waals surface area contributed by atoms with E-state index < -0.39 is 89.6 Å². The Hall–Kier alpha value is -2.96. The normalized spacial score (nSPS) is 15.8.